The maximum absolute atomic E-state index is 11.9. The van der Waals surface area contributed by atoms with Crippen LogP contribution >= 0.6 is 0 Å². The highest BCUT2D eigenvalue weighted by Gasteiger charge is 2.27. The molecule has 1 amide bonds. The molecule has 2 heterocycles. The lowest BCUT2D eigenvalue weighted by Crippen LogP contribution is -2.38. The average Bonchev–Trinajstić information content (AvgIpc) is 2.69. The number of rotatable bonds is 2. The summed E-state index contributed by atoms with van der Waals surface area (Å²) >= 11 is 0. The zero-order valence-corrected chi connectivity index (χ0v) is 10.4. The van der Waals surface area contributed by atoms with Gasteiger partial charge in [-0.15, -0.1) is 0 Å². The Balaban J connectivity index is 1.72. The molecule has 0 spiro atoms. The van der Waals surface area contributed by atoms with Crippen LogP contribution in [0.3, 0.4) is 0 Å². The lowest BCUT2D eigenvalue weighted by Gasteiger charge is -2.23. The summed E-state index contributed by atoms with van der Waals surface area (Å²) in [6, 6.07) is 8.13. The van der Waals surface area contributed by atoms with Crippen LogP contribution in [-0.4, -0.2) is 43.6 Å². The summed E-state index contributed by atoms with van der Waals surface area (Å²) in [6.07, 6.45) is 1.03. The number of benzene rings is 1. The predicted molar refractivity (Wildman–Crippen MR) is 68.7 cm³/mol. The summed E-state index contributed by atoms with van der Waals surface area (Å²) in [5, 5.41) is 3.15. The van der Waals surface area contributed by atoms with Gasteiger partial charge in [-0.1, -0.05) is 18.2 Å². The molecule has 0 saturated carbocycles. The third-order valence-corrected chi connectivity index (χ3v) is 3.65. The number of nitrogens with zero attached hydrogens (tertiary/aromatic N) is 1. The number of amides is 1. The van der Waals surface area contributed by atoms with Gasteiger partial charge in [0.15, 0.2) is 0 Å². The monoisotopic (exact) mass is 246 g/mol. The highest BCUT2D eigenvalue weighted by molar-refractivity contribution is 5.78. The maximum atomic E-state index is 11.9. The van der Waals surface area contributed by atoms with Crippen molar-refractivity contribution in [3.63, 3.8) is 0 Å². The second-order valence-corrected chi connectivity index (χ2v) is 4.92. The summed E-state index contributed by atoms with van der Waals surface area (Å²) in [5.41, 5.74) is 1.24. The Morgan fingerprint density at radius 3 is 3.22 bits per heavy atom. The summed E-state index contributed by atoms with van der Waals surface area (Å²) in [6.45, 7) is 3.72. The fourth-order valence-electron chi connectivity index (χ4n) is 2.67. The first-order chi connectivity index (χ1) is 8.84. The second-order valence-electron chi connectivity index (χ2n) is 4.92. The van der Waals surface area contributed by atoms with Crippen LogP contribution in [-0.2, 0) is 4.79 Å². The average molecular weight is 246 g/mol. The molecule has 0 radical (unpaired) electrons. The van der Waals surface area contributed by atoms with E-state index < -0.39 is 0 Å². The van der Waals surface area contributed by atoms with Crippen LogP contribution in [0.5, 0.6) is 5.75 Å². The molecular formula is C14H18N2O2. The molecule has 96 valence electrons. The predicted octanol–water partition coefficient (Wildman–Crippen LogP) is 0.984. The Kier molecular flexibility index (Phi) is 3.19. The molecule has 2 aliphatic heterocycles. The summed E-state index contributed by atoms with van der Waals surface area (Å²) in [5.74, 6) is 1.50. The van der Waals surface area contributed by atoms with Crippen molar-refractivity contribution in [1.82, 2.24) is 10.2 Å². The molecule has 4 nitrogen and oxygen atoms in total. The van der Waals surface area contributed by atoms with Crippen LogP contribution in [0.2, 0.25) is 0 Å². The zero-order valence-electron chi connectivity index (χ0n) is 10.4. The normalized spacial score (nSPS) is 23.4. The molecule has 18 heavy (non-hydrogen) atoms. The third-order valence-electron chi connectivity index (χ3n) is 3.65. The molecule has 0 aromatic heterocycles. The van der Waals surface area contributed by atoms with Crippen LogP contribution in [0, 0.1) is 0 Å². The highest BCUT2D eigenvalue weighted by Crippen LogP contribution is 2.33. The number of nitrogens with one attached hydrogen (secondary N) is 1. The smallest absolute Gasteiger partial charge is 0.236 e. The Morgan fingerprint density at radius 2 is 2.28 bits per heavy atom. The Hall–Kier alpha value is -1.55. The van der Waals surface area contributed by atoms with Crippen molar-refractivity contribution in [1.29, 1.82) is 0 Å². The topological polar surface area (TPSA) is 41.6 Å². The lowest BCUT2D eigenvalue weighted by atomic mass is 10.0. The minimum atomic E-state index is 0.205. The molecule has 4 heteroatoms. The Bertz CT molecular complexity index is 447. The molecular weight excluding hydrogens is 228 g/mol. The summed E-state index contributed by atoms with van der Waals surface area (Å²) in [4.78, 5) is 13.9. The van der Waals surface area contributed by atoms with E-state index in [1.54, 1.807) is 0 Å². The third kappa shape index (κ3) is 2.20. The van der Waals surface area contributed by atoms with Gasteiger partial charge in [-0.3, -0.25) is 4.79 Å². The van der Waals surface area contributed by atoms with Gasteiger partial charge >= 0.3 is 0 Å². The van der Waals surface area contributed by atoms with E-state index in [0.717, 1.165) is 31.8 Å². The number of ether oxygens (including phenoxy) is 1. The SMILES string of the molecule is O=C1CNCCCN1CC1COc2ccccc21. The van der Waals surface area contributed by atoms with Crippen LogP contribution in [0.25, 0.3) is 0 Å². The number of hydrogen-bond acceptors (Lipinski definition) is 3. The number of carbonyl (C=O) groups excluding carboxylic acids is 1. The van der Waals surface area contributed by atoms with Crippen molar-refractivity contribution in [2.75, 3.05) is 32.8 Å². The van der Waals surface area contributed by atoms with Crippen molar-refractivity contribution in [2.24, 2.45) is 0 Å². The zero-order chi connectivity index (χ0) is 12.4. The van der Waals surface area contributed by atoms with Crippen LogP contribution in [0.1, 0.15) is 17.9 Å². The molecule has 1 atom stereocenters. The fourth-order valence-corrected chi connectivity index (χ4v) is 2.67. The number of fused-ring (bicyclic) bond motifs is 1. The minimum absolute atomic E-state index is 0.205. The molecule has 0 bridgehead atoms. The molecule has 1 saturated heterocycles. The molecule has 1 unspecified atom stereocenters. The van der Waals surface area contributed by atoms with E-state index in [1.165, 1.54) is 5.56 Å². The van der Waals surface area contributed by atoms with Crippen molar-refractivity contribution < 1.29 is 9.53 Å². The minimum Gasteiger partial charge on any atom is -0.493 e. The van der Waals surface area contributed by atoms with Crippen LogP contribution in [0.15, 0.2) is 24.3 Å². The van der Waals surface area contributed by atoms with Crippen molar-refractivity contribution >= 4 is 5.91 Å². The molecule has 2 aliphatic rings. The molecule has 1 N–H and O–H groups in total. The number of hydrogen-bond donors (Lipinski definition) is 1. The number of carbonyl (C=O) groups is 1. The van der Waals surface area contributed by atoms with E-state index in [9.17, 15) is 4.79 Å². The first-order valence-electron chi connectivity index (χ1n) is 6.55. The largest absolute Gasteiger partial charge is 0.493 e. The van der Waals surface area contributed by atoms with Gasteiger partial charge in [0.2, 0.25) is 5.91 Å². The van der Waals surface area contributed by atoms with Gasteiger partial charge in [-0.05, 0) is 19.0 Å². The van der Waals surface area contributed by atoms with E-state index in [4.69, 9.17) is 4.74 Å². The molecule has 1 aromatic rings. The number of para-hydroxylation sites is 1. The fraction of sp³-hybridized carbons (Fsp3) is 0.500. The van der Waals surface area contributed by atoms with Gasteiger partial charge in [0.1, 0.15) is 5.75 Å². The van der Waals surface area contributed by atoms with Gasteiger partial charge in [0.05, 0.1) is 13.2 Å². The van der Waals surface area contributed by atoms with Crippen molar-refractivity contribution in [3.05, 3.63) is 29.8 Å². The van der Waals surface area contributed by atoms with Crippen LogP contribution in [0.4, 0.5) is 0 Å². The first kappa shape index (κ1) is 11.5. The van der Waals surface area contributed by atoms with Gasteiger partial charge in [0.25, 0.3) is 0 Å². The Labute approximate surface area is 107 Å². The summed E-state index contributed by atoms with van der Waals surface area (Å²) < 4.78 is 5.67. The van der Waals surface area contributed by atoms with Crippen molar-refractivity contribution in [3.8, 4) is 5.75 Å². The first-order valence-corrected chi connectivity index (χ1v) is 6.55. The quantitative estimate of drug-likeness (QED) is 0.846. The maximum Gasteiger partial charge on any atom is 0.236 e. The van der Waals surface area contributed by atoms with Gasteiger partial charge < -0.3 is 15.0 Å². The van der Waals surface area contributed by atoms with E-state index in [2.05, 4.69) is 11.4 Å². The van der Waals surface area contributed by atoms with E-state index in [-0.39, 0.29) is 5.91 Å². The molecule has 3 rings (SSSR count). The Morgan fingerprint density at radius 1 is 1.39 bits per heavy atom. The molecule has 1 fully saturated rings. The summed E-state index contributed by atoms with van der Waals surface area (Å²) in [7, 11) is 0. The van der Waals surface area contributed by atoms with E-state index in [1.807, 2.05) is 23.1 Å². The van der Waals surface area contributed by atoms with E-state index in [0.29, 0.717) is 19.1 Å². The van der Waals surface area contributed by atoms with Crippen molar-refractivity contribution in [2.45, 2.75) is 12.3 Å². The lowest BCUT2D eigenvalue weighted by molar-refractivity contribution is -0.129. The highest BCUT2D eigenvalue weighted by atomic mass is 16.5. The standard InChI is InChI=1S/C14H18N2O2/c17-14-8-15-6-3-7-16(14)9-11-10-18-13-5-2-1-4-12(11)13/h1-2,4-5,11,15H,3,6-10H2. The van der Waals surface area contributed by atoms with Gasteiger partial charge in [-0.25, -0.2) is 0 Å². The second kappa shape index (κ2) is 4.98. The van der Waals surface area contributed by atoms with Gasteiger partial charge in [0, 0.05) is 24.6 Å². The van der Waals surface area contributed by atoms with Crippen LogP contribution < -0.4 is 10.1 Å². The van der Waals surface area contributed by atoms with E-state index >= 15 is 0 Å². The van der Waals surface area contributed by atoms with Gasteiger partial charge in [-0.2, -0.15) is 0 Å². The molecule has 1 aromatic carbocycles. The molecule has 0 aliphatic carbocycles.